The van der Waals surface area contributed by atoms with Gasteiger partial charge in [0.2, 0.25) is 0 Å². The van der Waals surface area contributed by atoms with E-state index in [0.717, 1.165) is 37.8 Å². The van der Waals surface area contributed by atoms with Gasteiger partial charge >= 0.3 is 0 Å². The zero-order chi connectivity index (χ0) is 12.3. The van der Waals surface area contributed by atoms with E-state index in [1.165, 1.54) is 6.42 Å². The van der Waals surface area contributed by atoms with Crippen molar-refractivity contribution in [1.82, 2.24) is 15.0 Å². The second kappa shape index (κ2) is 5.60. The normalized spacial score (nSPS) is 27.7. The van der Waals surface area contributed by atoms with Gasteiger partial charge in [-0.25, -0.2) is 4.68 Å². The van der Waals surface area contributed by atoms with Crippen LogP contribution < -0.4 is 5.73 Å². The first-order chi connectivity index (χ1) is 8.22. The van der Waals surface area contributed by atoms with E-state index in [1.54, 1.807) is 4.68 Å². The van der Waals surface area contributed by atoms with Crippen molar-refractivity contribution in [3.63, 3.8) is 0 Å². The summed E-state index contributed by atoms with van der Waals surface area (Å²) in [7, 11) is 0. The molecule has 96 valence electrons. The molecule has 1 fully saturated rings. The molecule has 1 aromatic heterocycles. The minimum absolute atomic E-state index is 0.0494. The molecule has 5 heteroatoms. The molecule has 3 unspecified atom stereocenters. The van der Waals surface area contributed by atoms with Crippen LogP contribution in [-0.2, 0) is 0 Å². The lowest BCUT2D eigenvalue weighted by Crippen LogP contribution is -2.23. The molecule has 0 radical (unpaired) electrons. The quantitative estimate of drug-likeness (QED) is 0.783. The Kier molecular flexibility index (Phi) is 4.12. The highest BCUT2D eigenvalue weighted by Crippen LogP contribution is 2.27. The Morgan fingerprint density at radius 2 is 2.24 bits per heavy atom. The second-order valence-electron chi connectivity index (χ2n) is 4.91. The third-order valence-corrected chi connectivity index (χ3v) is 3.63. The van der Waals surface area contributed by atoms with Gasteiger partial charge in [0.15, 0.2) is 0 Å². The van der Waals surface area contributed by atoms with Gasteiger partial charge in [-0.05, 0) is 19.3 Å². The molecular formula is C12H22N4O. The highest BCUT2D eigenvalue weighted by Gasteiger charge is 2.24. The third-order valence-electron chi connectivity index (χ3n) is 3.63. The molecule has 1 heterocycles. The van der Waals surface area contributed by atoms with Crippen molar-refractivity contribution >= 4 is 0 Å². The van der Waals surface area contributed by atoms with E-state index >= 15 is 0 Å². The van der Waals surface area contributed by atoms with Gasteiger partial charge in [-0.15, -0.1) is 5.10 Å². The van der Waals surface area contributed by atoms with Gasteiger partial charge < -0.3 is 10.8 Å². The van der Waals surface area contributed by atoms with E-state index in [0.29, 0.717) is 0 Å². The molecule has 1 aliphatic rings. The van der Waals surface area contributed by atoms with Gasteiger partial charge in [-0.2, -0.15) is 0 Å². The average molecular weight is 238 g/mol. The summed E-state index contributed by atoms with van der Waals surface area (Å²) in [6.07, 6.45) is 7.74. The summed E-state index contributed by atoms with van der Waals surface area (Å²) >= 11 is 0. The van der Waals surface area contributed by atoms with Crippen LogP contribution in [0.15, 0.2) is 6.20 Å². The number of hydrogen-bond acceptors (Lipinski definition) is 4. The summed E-state index contributed by atoms with van der Waals surface area (Å²) in [6.45, 7) is 2.03. The van der Waals surface area contributed by atoms with E-state index in [4.69, 9.17) is 5.73 Å². The number of hydrogen-bond donors (Lipinski definition) is 2. The lowest BCUT2D eigenvalue weighted by atomic mass is 10.1. The Hall–Kier alpha value is -0.940. The van der Waals surface area contributed by atoms with Crippen molar-refractivity contribution in [2.24, 2.45) is 5.73 Å². The second-order valence-corrected chi connectivity index (χ2v) is 4.91. The van der Waals surface area contributed by atoms with E-state index in [-0.39, 0.29) is 18.2 Å². The Balaban J connectivity index is 2.12. The predicted molar refractivity (Wildman–Crippen MR) is 65.4 cm³/mol. The minimum atomic E-state index is -0.301. The Bertz CT molecular complexity index is 352. The Morgan fingerprint density at radius 1 is 1.47 bits per heavy atom. The fourth-order valence-electron chi connectivity index (χ4n) is 2.41. The van der Waals surface area contributed by atoms with Crippen molar-refractivity contribution < 1.29 is 5.11 Å². The number of aliphatic hydroxyl groups is 1. The number of aromatic nitrogens is 3. The smallest absolute Gasteiger partial charge is 0.0994 e. The fraction of sp³-hybridized carbons (Fsp3) is 0.833. The van der Waals surface area contributed by atoms with Crippen LogP contribution in [0, 0.1) is 0 Å². The number of nitrogens with two attached hydrogens (primary N) is 1. The molecule has 0 aliphatic heterocycles. The molecule has 0 spiro atoms. The summed E-state index contributed by atoms with van der Waals surface area (Å²) in [4.78, 5) is 0. The van der Waals surface area contributed by atoms with Crippen LogP contribution in [0.1, 0.15) is 63.2 Å². The van der Waals surface area contributed by atoms with Gasteiger partial charge in [0.05, 0.1) is 30.1 Å². The third kappa shape index (κ3) is 2.84. The first kappa shape index (κ1) is 12.5. The van der Waals surface area contributed by atoms with Crippen molar-refractivity contribution in [1.29, 1.82) is 0 Å². The molecule has 5 nitrogen and oxygen atoms in total. The summed E-state index contributed by atoms with van der Waals surface area (Å²) in [5.74, 6) is 0. The number of rotatable bonds is 3. The molecular weight excluding hydrogens is 216 g/mol. The van der Waals surface area contributed by atoms with E-state index in [2.05, 4.69) is 10.3 Å². The van der Waals surface area contributed by atoms with Crippen molar-refractivity contribution in [3.05, 3.63) is 11.9 Å². The van der Waals surface area contributed by atoms with Crippen LogP contribution in [0.3, 0.4) is 0 Å². The van der Waals surface area contributed by atoms with Crippen LogP contribution in [0.4, 0.5) is 0 Å². The highest BCUT2D eigenvalue weighted by molar-refractivity contribution is 5.00. The van der Waals surface area contributed by atoms with Gasteiger partial charge in [0.25, 0.3) is 0 Å². The maximum absolute atomic E-state index is 10.1. The van der Waals surface area contributed by atoms with Crippen LogP contribution in [0.2, 0.25) is 0 Å². The first-order valence-corrected chi connectivity index (χ1v) is 6.57. The lowest BCUT2D eigenvalue weighted by Gasteiger charge is -2.19. The molecule has 3 N–H and O–H groups in total. The molecule has 1 aromatic rings. The summed E-state index contributed by atoms with van der Waals surface area (Å²) in [6, 6.07) is 0.0227. The molecule has 2 rings (SSSR count). The maximum atomic E-state index is 10.1. The summed E-state index contributed by atoms with van der Waals surface area (Å²) in [5, 5.41) is 18.3. The van der Waals surface area contributed by atoms with Crippen LogP contribution in [0.5, 0.6) is 0 Å². The van der Waals surface area contributed by atoms with Crippen molar-refractivity contribution in [2.45, 2.75) is 63.6 Å². The topological polar surface area (TPSA) is 77.0 Å². The van der Waals surface area contributed by atoms with Gasteiger partial charge in [-0.1, -0.05) is 31.4 Å². The van der Waals surface area contributed by atoms with E-state index < -0.39 is 0 Å². The standard InChI is InChI=1S/C12H22N4O/c1-2-9(13)10-8-16(15-14-10)11-6-4-3-5-7-12(11)17/h8-9,11-12,17H,2-7,13H2,1H3. The molecule has 1 saturated carbocycles. The average Bonchev–Trinajstić information content (AvgIpc) is 2.72. The van der Waals surface area contributed by atoms with Gasteiger partial charge in [0, 0.05) is 0 Å². The molecule has 0 saturated heterocycles. The maximum Gasteiger partial charge on any atom is 0.0994 e. The summed E-state index contributed by atoms with van der Waals surface area (Å²) < 4.78 is 1.81. The summed E-state index contributed by atoms with van der Waals surface area (Å²) in [5.41, 5.74) is 6.75. The Labute approximate surface area is 102 Å². The SMILES string of the molecule is CCC(N)c1cn(C2CCCCCC2O)nn1. The fourth-order valence-corrected chi connectivity index (χ4v) is 2.41. The molecule has 0 bridgehead atoms. The largest absolute Gasteiger partial charge is 0.391 e. The zero-order valence-electron chi connectivity index (χ0n) is 10.4. The van der Waals surface area contributed by atoms with Gasteiger partial charge in [0.1, 0.15) is 0 Å². The van der Waals surface area contributed by atoms with Crippen LogP contribution in [0.25, 0.3) is 0 Å². The molecule has 17 heavy (non-hydrogen) atoms. The van der Waals surface area contributed by atoms with Crippen molar-refractivity contribution in [2.75, 3.05) is 0 Å². The highest BCUT2D eigenvalue weighted by atomic mass is 16.3. The Morgan fingerprint density at radius 3 is 3.00 bits per heavy atom. The van der Waals surface area contributed by atoms with Crippen LogP contribution >= 0.6 is 0 Å². The van der Waals surface area contributed by atoms with Gasteiger partial charge in [-0.3, -0.25) is 0 Å². The van der Waals surface area contributed by atoms with Crippen LogP contribution in [-0.4, -0.2) is 26.2 Å². The lowest BCUT2D eigenvalue weighted by molar-refractivity contribution is 0.0980. The van der Waals surface area contributed by atoms with E-state index in [9.17, 15) is 5.11 Å². The molecule has 3 atom stereocenters. The minimum Gasteiger partial charge on any atom is -0.391 e. The number of aliphatic hydroxyl groups excluding tert-OH is 1. The molecule has 0 aromatic carbocycles. The molecule has 0 amide bonds. The zero-order valence-corrected chi connectivity index (χ0v) is 10.4. The predicted octanol–water partition coefficient (Wildman–Crippen LogP) is 1.55. The first-order valence-electron chi connectivity index (χ1n) is 6.57. The monoisotopic (exact) mass is 238 g/mol. The molecule has 1 aliphatic carbocycles. The number of nitrogens with zero attached hydrogens (tertiary/aromatic N) is 3. The van der Waals surface area contributed by atoms with E-state index in [1.807, 2.05) is 13.1 Å². The van der Waals surface area contributed by atoms with Crippen molar-refractivity contribution in [3.8, 4) is 0 Å².